The van der Waals surface area contributed by atoms with Crippen molar-refractivity contribution in [2.45, 2.75) is 13.0 Å². The van der Waals surface area contributed by atoms with Crippen molar-refractivity contribution < 1.29 is 19.1 Å². The molecular formula is C23H24N2O4. The number of hydrogen-bond donors (Lipinski definition) is 0. The third-order valence-electron chi connectivity index (χ3n) is 5.08. The summed E-state index contributed by atoms with van der Waals surface area (Å²) in [6.45, 7) is 3.14. The lowest BCUT2D eigenvalue weighted by atomic mass is 10.1. The number of rotatable bonds is 7. The molecule has 4 rings (SSSR count). The third-order valence-corrected chi connectivity index (χ3v) is 5.08. The van der Waals surface area contributed by atoms with E-state index in [-0.39, 0.29) is 0 Å². The van der Waals surface area contributed by atoms with Crippen molar-refractivity contribution >= 4 is 22.6 Å². The molecule has 29 heavy (non-hydrogen) atoms. The van der Waals surface area contributed by atoms with Crippen LogP contribution in [0.15, 0.2) is 60.8 Å². The summed E-state index contributed by atoms with van der Waals surface area (Å²) < 4.78 is 13.1. The Labute approximate surface area is 169 Å². The molecule has 0 N–H and O–H groups in total. The maximum absolute atomic E-state index is 12.9. The molecule has 1 aliphatic rings. The van der Waals surface area contributed by atoms with Gasteiger partial charge < -0.3 is 18.9 Å². The number of carbonyl (C=O) groups is 2. The molecule has 3 aromatic rings. The van der Waals surface area contributed by atoms with E-state index in [0.29, 0.717) is 45.0 Å². The second kappa shape index (κ2) is 8.92. The molecule has 0 unspecified atom stereocenters. The fourth-order valence-corrected chi connectivity index (χ4v) is 3.58. The summed E-state index contributed by atoms with van der Waals surface area (Å²) in [5.41, 5.74) is 1.41. The highest BCUT2D eigenvalue weighted by atomic mass is 16.5. The zero-order valence-corrected chi connectivity index (χ0v) is 16.3. The summed E-state index contributed by atoms with van der Waals surface area (Å²) in [6.07, 6.45) is 2.59. The molecular weight excluding hydrogens is 368 g/mol. The Hall–Kier alpha value is -3.12. The second-order valence-corrected chi connectivity index (χ2v) is 7.00. The first-order valence-electron chi connectivity index (χ1n) is 9.91. The van der Waals surface area contributed by atoms with Crippen molar-refractivity contribution in [2.75, 3.05) is 32.9 Å². The molecule has 1 aromatic heterocycles. The van der Waals surface area contributed by atoms with Gasteiger partial charge >= 0.3 is 0 Å². The number of aryl methyl sites for hydroxylation is 1. The molecule has 0 radical (unpaired) electrons. The van der Waals surface area contributed by atoms with Gasteiger partial charge in [-0.15, -0.1) is 0 Å². The third kappa shape index (κ3) is 4.32. The fourth-order valence-electron chi connectivity index (χ4n) is 3.58. The number of fused-ring (bicyclic) bond motifs is 1. The van der Waals surface area contributed by atoms with Crippen LogP contribution in [-0.2, 0) is 16.1 Å². The molecule has 0 atom stereocenters. The predicted octanol–water partition coefficient (Wildman–Crippen LogP) is 3.15. The minimum Gasteiger partial charge on any atom is -0.494 e. The van der Waals surface area contributed by atoms with E-state index < -0.39 is 11.7 Å². The Morgan fingerprint density at radius 2 is 1.69 bits per heavy atom. The lowest BCUT2D eigenvalue weighted by molar-refractivity contribution is -0.130. The number of nitrogens with zero attached hydrogens (tertiary/aromatic N) is 2. The molecule has 6 heteroatoms. The number of Topliss-reactive ketones (excluding diaryl/α,β-unsaturated/α-hetero) is 1. The van der Waals surface area contributed by atoms with Crippen LogP contribution >= 0.6 is 0 Å². The normalized spacial score (nSPS) is 14.1. The van der Waals surface area contributed by atoms with E-state index in [4.69, 9.17) is 9.47 Å². The van der Waals surface area contributed by atoms with E-state index in [0.717, 1.165) is 23.1 Å². The van der Waals surface area contributed by atoms with Crippen molar-refractivity contribution in [2.24, 2.45) is 0 Å². The Bertz CT molecular complexity index is 991. The zero-order valence-electron chi connectivity index (χ0n) is 16.3. The van der Waals surface area contributed by atoms with E-state index >= 15 is 0 Å². The number of carbonyl (C=O) groups excluding carboxylic acids is 2. The van der Waals surface area contributed by atoms with Gasteiger partial charge in [0.15, 0.2) is 0 Å². The largest absolute Gasteiger partial charge is 0.494 e. The molecule has 2 aromatic carbocycles. The van der Waals surface area contributed by atoms with Crippen LogP contribution in [0.2, 0.25) is 0 Å². The van der Waals surface area contributed by atoms with Gasteiger partial charge in [0, 0.05) is 36.7 Å². The second-order valence-electron chi connectivity index (χ2n) is 7.00. The average Bonchev–Trinajstić information content (AvgIpc) is 3.16. The van der Waals surface area contributed by atoms with Gasteiger partial charge in [-0.05, 0) is 24.6 Å². The lowest BCUT2D eigenvalue weighted by Gasteiger charge is -2.25. The minimum atomic E-state index is -0.456. The van der Waals surface area contributed by atoms with Crippen molar-refractivity contribution in [1.82, 2.24) is 9.47 Å². The summed E-state index contributed by atoms with van der Waals surface area (Å²) in [7, 11) is 0. The van der Waals surface area contributed by atoms with E-state index in [1.54, 1.807) is 11.1 Å². The number of amides is 1. The van der Waals surface area contributed by atoms with Gasteiger partial charge in [-0.3, -0.25) is 9.59 Å². The van der Waals surface area contributed by atoms with Crippen LogP contribution in [0.3, 0.4) is 0 Å². The Kier molecular flexibility index (Phi) is 5.91. The summed E-state index contributed by atoms with van der Waals surface area (Å²) in [6, 6.07) is 17.4. The van der Waals surface area contributed by atoms with Crippen molar-refractivity contribution in [3.05, 3.63) is 66.4 Å². The van der Waals surface area contributed by atoms with Crippen LogP contribution in [0, 0.1) is 0 Å². The molecule has 6 nitrogen and oxygen atoms in total. The van der Waals surface area contributed by atoms with Gasteiger partial charge in [0.1, 0.15) is 5.75 Å². The molecule has 1 amide bonds. The minimum absolute atomic E-state index is 0.455. The van der Waals surface area contributed by atoms with Crippen LogP contribution in [0.4, 0.5) is 0 Å². The predicted molar refractivity (Wildman–Crippen MR) is 110 cm³/mol. The number of aromatic nitrogens is 1. The van der Waals surface area contributed by atoms with Crippen LogP contribution in [0.25, 0.3) is 10.9 Å². The molecule has 2 heterocycles. The van der Waals surface area contributed by atoms with E-state index in [1.807, 2.05) is 59.2 Å². The lowest BCUT2D eigenvalue weighted by Crippen LogP contribution is -2.44. The van der Waals surface area contributed by atoms with Crippen LogP contribution in [-0.4, -0.2) is 54.1 Å². The average molecular weight is 392 g/mol. The number of ether oxygens (including phenoxy) is 2. The highest BCUT2D eigenvalue weighted by Gasteiger charge is 2.27. The first-order valence-corrected chi connectivity index (χ1v) is 9.91. The molecule has 0 aliphatic carbocycles. The Morgan fingerprint density at radius 3 is 2.48 bits per heavy atom. The van der Waals surface area contributed by atoms with Gasteiger partial charge in [0.2, 0.25) is 0 Å². The van der Waals surface area contributed by atoms with Gasteiger partial charge in [-0.1, -0.05) is 36.4 Å². The van der Waals surface area contributed by atoms with Crippen molar-refractivity contribution in [3.8, 4) is 5.75 Å². The van der Waals surface area contributed by atoms with Crippen LogP contribution in [0.5, 0.6) is 5.75 Å². The summed E-state index contributed by atoms with van der Waals surface area (Å²) in [5.74, 6) is -0.0668. The number of ketones is 1. The SMILES string of the molecule is O=C(C(=O)N1CCOCC1)c1cn(CCCOc2ccccc2)c2ccccc12. The molecule has 1 fully saturated rings. The number of morpholine rings is 1. The highest BCUT2D eigenvalue weighted by molar-refractivity contribution is 6.44. The summed E-state index contributed by atoms with van der Waals surface area (Å²) in [5, 5.41) is 0.808. The van der Waals surface area contributed by atoms with E-state index in [9.17, 15) is 9.59 Å². The zero-order chi connectivity index (χ0) is 20.1. The maximum Gasteiger partial charge on any atom is 0.295 e. The summed E-state index contributed by atoms with van der Waals surface area (Å²) >= 11 is 0. The quantitative estimate of drug-likeness (QED) is 0.352. The fraction of sp³-hybridized carbons (Fsp3) is 0.304. The topological polar surface area (TPSA) is 60.8 Å². The number of para-hydroxylation sites is 2. The first kappa shape index (κ1) is 19.2. The Balaban J connectivity index is 1.47. The molecule has 1 saturated heterocycles. The number of benzene rings is 2. The molecule has 150 valence electrons. The van der Waals surface area contributed by atoms with E-state index in [1.165, 1.54) is 0 Å². The van der Waals surface area contributed by atoms with Crippen LogP contribution < -0.4 is 4.74 Å². The van der Waals surface area contributed by atoms with Crippen LogP contribution in [0.1, 0.15) is 16.8 Å². The molecule has 0 spiro atoms. The molecule has 0 bridgehead atoms. The summed E-state index contributed by atoms with van der Waals surface area (Å²) in [4.78, 5) is 27.2. The highest BCUT2D eigenvalue weighted by Crippen LogP contribution is 2.23. The molecule has 0 saturated carbocycles. The van der Waals surface area contributed by atoms with Crippen molar-refractivity contribution in [3.63, 3.8) is 0 Å². The van der Waals surface area contributed by atoms with Gasteiger partial charge in [0.25, 0.3) is 11.7 Å². The van der Waals surface area contributed by atoms with Gasteiger partial charge in [-0.25, -0.2) is 0 Å². The smallest absolute Gasteiger partial charge is 0.295 e. The molecule has 1 aliphatic heterocycles. The van der Waals surface area contributed by atoms with Gasteiger partial charge in [-0.2, -0.15) is 0 Å². The van der Waals surface area contributed by atoms with Gasteiger partial charge in [0.05, 0.1) is 25.4 Å². The Morgan fingerprint density at radius 1 is 0.966 bits per heavy atom. The van der Waals surface area contributed by atoms with E-state index in [2.05, 4.69) is 0 Å². The monoisotopic (exact) mass is 392 g/mol. The standard InChI is InChI=1S/C23H24N2O4/c26-22(23(27)24-12-15-28-16-13-24)20-17-25(21-10-5-4-9-19(20)21)11-6-14-29-18-7-2-1-3-8-18/h1-5,7-10,17H,6,11-16H2. The number of hydrogen-bond acceptors (Lipinski definition) is 4. The first-order chi connectivity index (χ1) is 14.2. The maximum atomic E-state index is 12.9. The van der Waals surface area contributed by atoms with Crippen molar-refractivity contribution in [1.29, 1.82) is 0 Å².